The van der Waals surface area contributed by atoms with Crippen LogP contribution in [-0.2, 0) is 20.9 Å². The number of nitrogens with zero attached hydrogens (tertiary/aromatic N) is 1. The molecule has 0 saturated carbocycles. The summed E-state index contributed by atoms with van der Waals surface area (Å²) in [6, 6.07) is 13.3. The van der Waals surface area contributed by atoms with Crippen LogP contribution in [0, 0.1) is 19.8 Å². The Bertz CT molecular complexity index is 1080. The van der Waals surface area contributed by atoms with Gasteiger partial charge in [0.2, 0.25) is 11.8 Å². The number of benzene rings is 2. The molecule has 8 nitrogen and oxygen atoms in total. The summed E-state index contributed by atoms with van der Waals surface area (Å²) in [4.78, 5) is 41.8. The zero-order valence-electron chi connectivity index (χ0n) is 23.7. The molecule has 0 bridgehead atoms. The average molecular weight is 526 g/mol. The fourth-order valence-corrected chi connectivity index (χ4v) is 4.20. The van der Waals surface area contributed by atoms with E-state index in [1.807, 2.05) is 76.2 Å². The molecule has 2 unspecified atom stereocenters. The molecule has 2 atom stereocenters. The van der Waals surface area contributed by atoms with Crippen LogP contribution in [0.5, 0.6) is 0 Å². The highest BCUT2D eigenvalue weighted by atomic mass is 16.6. The third-order valence-electron chi connectivity index (χ3n) is 5.92. The number of amides is 3. The number of aliphatic hydroxyl groups is 1. The number of hydrogen-bond acceptors (Lipinski definition) is 5. The van der Waals surface area contributed by atoms with E-state index in [9.17, 15) is 19.5 Å². The summed E-state index contributed by atoms with van der Waals surface area (Å²) < 4.78 is 5.41. The highest BCUT2D eigenvalue weighted by Crippen LogP contribution is 2.27. The van der Waals surface area contributed by atoms with Gasteiger partial charge in [0.15, 0.2) is 0 Å². The Hall–Kier alpha value is -3.39. The van der Waals surface area contributed by atoms with Crippen molar-refractivity contribution in [1.29, 1.82) is 0 Å². The largest absolute Gasteiger partial charge is 0.444 e. The van der Waals surface area contributed by atoms with E-state index >= 15 is 0 Å². The normalized spacial score (nSPS) is 13.0. The van der Waals surface area contributed by atoms with Gasteiger partial charge in [-0.3, -0.25) is 9.59 Å². The second kappa shape index (κ2) is 14.0. The average Bonchev–Trinajstić information content (AvgIpc) is 2.82. The quantitative estimate of drug-likeness (QED) is 0.403. The van der Waals surface area contributed by atoms with Crippen LogP contribution in [0.1, 0.15) is 69.3 Å². The molecule has 2 aromatic carbocycles. The lowest BCUT2D eigenvalue weighted by Gasteiger charge is -2.35. The maximum Gasteiger partial charge on any atom is 0.408 e. The van der Waals surface area contributed by atoms with Crippen molar-refractivity contribution in [2.24, 2.45) is 5.92 Å². The molecule has 3 amide bonds. The summed E-state index contributed by atoms with van der Waals surface area (Å²) >= 11 is 0. The lowest BCUT2D eigenvalue weighted by molar-refractivity contribution is -0.143. The van der Waals surface area contributed by atoms with Gasteiger partial charge in [-0.15, -0.1) is 0 Å². The molecule has 0 aliphatic heterocycles. The lowest BCUT2D eigenvalue weighted by atomic mass is 9.95. The number of aliphatic hydroxyl groups excluding tert-OH is 1. The van der Waals surface area contributed by atoms with Gasteiger partial charge in [0, 0.05) is 13.1 Å². The Morgan fingerprint density at radius 1 is 1.03 bits per heavy atom. The molecule has 0 fully saturated rings. The van der Waals surface area contributed by atoms with E-state index < -0.39 is 29.7 Å². The van der Waals surface area contributed by atoms with Crippen LogP contribution in [0.15, 0.2) is 48.5 Å². The molecule has 2 aromatic rings. The first kappa shape index (κ1) is 30.8. The molecule has 8 heteroatoms. The summed E-state index contributed by atoms with van der Waals surface area (Å²) in [6.45, 7) is 12.8. The fourth-order valence-electron chi connectivity index (χ4n) is 4.20. The maximum absolute atomic E-state index is 14.0. The summed E-state index contributed by atoms with van der Waals surface area (Å²) in [6.07, 6.45) is -0.372. The second-order valence-electron chi connectivity index (χ2n) is 11.0. The van der Waals surface area contributed by atoms with E-state index in [-0.39, 0.29) is 31.5 Å². The molecule has 38 heavy (non-hydrogen) atoms. The van der Waals surface area contributed by atoms with Crippen LogP contribution in [0.3, 0.4) is 0 Å². The molecule has 3 N–H and O–H groups in total. The topological polar surface area (TPSA) is 108 Å². The summed E-state index contributed by atoms with van der Waals surface area (Å²) in [5.74, 6) is -0.759. The van der Waals surface area contributed by atoms with E-state index in [1.54, 1.807) is 20.8 Å². The van der Waals surface area contributed by atoms with Crippen LogP contribution in [-0.4, -0.2) is 52.7 Å². The van der Waals surface area contributed by atoms with Crippen molar-refractivity contribution in [3.05, 3.63) is 70.8 Å². The Morgan fingerprint density at radius 3 is 2.26 bits per heavy atom. The van der Waals surface area contributed by atoms with Crippen molar-refractivity contribution >= 4 is 17.9 Å². The Balaban J connectivity index is 2.48. The Labute approximate surface area is 226 Å². The molecule has 0 aliphatic carbocycles. The molecule has 0 aromatic heterocycles. The van der Waals surface area contributed by atoms with Crippen LogP contribution in [0.25, 0.3) is 0 Å². The van der Waals surface area contributed by atoms with E-state index in [4.69, 9.17) is 4.74 Å². The van der Waals surface area contributed by atoms with Crippen LogP contribution in [0.2, 0.25) is 0 Å². The number of alkyl carbamates (subject to hydrolysis) is 1. The van der Waals surface area contributed by atoms with Crippen LogP contribution < -0.4 is 10.6 Å². The van der Waals surface area contributed by atoms with Crippen molar-refractivity contribution in [3.63, 3.8) is 0 Å². The van der Waals surface area contributed by atoms with Gasteiger partial charge in [0.25, 0.3) is 0 Å². The van der Waals surface area contributed by atoms with Crippen molar-refractivity contribution in [2.75, 3.05) is 13.2 Å². The van der Waals surface area contributed by atoms with Crippen molar-refractivity contribution in [2.45, 2.75) is 79.1 Å². The van der Waals surface area contributed by atoms with Crippen molar-refractivity contribution in [3.8, 4) is 0 Å². The Kier molecular flexibility index (Phi) is 11.3. The molecule has 0 radical (unpaired) electrons. The molecule has 208 valence electrons. The number of aryl methyl sites for hydroxylation is 2. The standard InChI is InChI=1S/C30H43N3O5/c1-20(2)17-25(32-29(37)38-30(5,6)7)28(36)33(15-16-34)26(24-18-21(3)13-14-22(24)4)27(35)31-19-23-11-9-8-10-12-23/h8-14,18,20,25-26,34H,15-17,19H2,1-7H3,(H,31,35)(H,32,37). The number of carbonyl (C=O) groups is 3. The number of hydrogen-bond donors (Lipinski definition) is 3. The minimum atomic E-state index is -1.01. The number of rotatable bonds is 11. The van der Waals surface area contributed by atoms with Crippen molar-refractivity contribution in [1.82, 2.24) is 15.5 Å². The van der Waals surface area contributed by atoms with E-state index in [1.165, 1.54) is 4.90 Å². The van der Waals surface area contributed by atoms with Gasteiger partial charge in [-0.2, -0.15) is 0 Å². The van der Waals surface area contributed by atoms with E-state index in [2.05, 4.69) is 10.6 Å². The van der Waals surface area contributed by atoms with Gasteiger partial charge in [0.1, 0.15) is 17.7 Å². The monoisotopic (exact) mass is 525 g/mol. The lowest BCUT2D eigenvalue weighted by Crippen LogP contribution is -2.54. The zero-order valence-corrected chi connectivity index (χ0v) is 23.7. The molecule has 0 aliphatic rings. The van der Waals surface area contributed by atoms with Gasteiger partial charge in [-0.25, -0.2) is 4.79 Å². The first-order valence-corrected chi connectivity index (χ1v) is 13.1. The highest BCUT2D eigenvalue weighted by Gasteiger charge is 2.37. The predicted molar refractivity (Wildman–Crippen MR) is 148 cm³/mol. The fraction of sp³-hybridized carbons (Fsp3) is 0.500. The third-order valence-corrected chi connectivity index (χ3v) is 5.92. The smallest absolute Gasteiger partial charge is 0.408 e. The minimum absolute atomic E-state index is 0.0703. The van der Waals surface area contributed by atoms with Crippen LogP contribution >= 0.6 is 0 Å². The van der Waals surface area contributed by atoms with Crippen molar-refractivity contribution < 1.29 is 24.2 Å². The molecule has 0 spiro atoms. The highest BCUT2D eigenvalue weighted by molar-refractivity contribution is 5.92. The minimum Gasteiger partial charge on any atom is -0.444 e. The number of carbonyl (C=O) groups excluding carboxylic acids is 3. The Morgan fingerprint density at radius 2 is 1.68 bits per heavy atom. The predicted octanol–water partition coefficient (Wildman–Crippen LogP) is 4.42. The van der Waals surface area contributed by atoms with Gasteiger partial charge < -0.3 is 25.4 Å². The third kappa shape index (κ3) is 9.49. The first-order valence-electron chi connectivity index (χ1n) is 13.1. The molecular weight excluding hydrogens is 482 g/mol. The van der Waals surface area contributed by atoms with Gasteiger partial charge in [-0.1, -0.05) is 67.9 Å². The molecular formula is C30H43N3O5. The molecule has 0 heterocycles. The first-order chi connectivity index (χ1) is 17.8. The summed E-state index contributed by atoms with van der Waals surface area (Å²) in [5, 5.41) is 15.6. The maximum atomic E-state index is 14.0. The van der Waals surface area contributed by atoms with Crippen LogP contribution in [0.4, 0.5) is 4.79 Å². The zero-order chi connectivity index (χ0) is 28.5. The summed E-state index contributed by atoms with van der Waals surface area (Å²) in [5.41, 5.74) is 2.63. The van der Waals surface area contributed by atoms with E-state index in [0.717, 1.165) is 16.7 Å². The summed E-state index contributed by atoms with van der Waals surface area (Å²) in [7, 11) is 0. The van der Waals surface area contributed by atoms with Gasteiger partial charge in [-0.05, 0) is 63.6 Å². The van der Waals surface area contributed by atoms with Gasteiger partial charge >= 0.3 is 6.09 Å². The van der Waals surface area contributed by atoms with E-state index in [0.29, 0.717) is 12.0 Å². The molecule has 2 rings (SSSR count). The SMILES string of the molecule is Cc1ccc(C)c(C(C(=O)NCc2ccccc2)N(CCO)C(=O)C(CC(C)C)NC(=O)OC(C)(C)C)c1. The second-order valence-corrected chi connectivity index (χ2v) is 11.0. The molecule has 0 saturated heterocycles. The number of nitrogens with one attached hydrogen (secondary N) is 2. The van der Waals surface area contributed by atoms with Gasteiger partial charge in [0.05, 0.1) is 6.61 Å². The number of ether oxygens (including phenoxy) is 1.